The number of nitrogens with one attached hydrogen (secondary N) is 1. The fourth-order valence-corrected chi connectivity index (χ4v) is 1.82. The van der Waals surface area contributed by atoms with E-state index < -0.39 is 0 Å². The second-order valence-corrected chi connectivity index (χ2v) is 3.92. The number of anilines is 1. The first-order valence-corrected chi connectivity index (χ1v) is 5.63. The Kier molecular flexibility index (Phi) is 2.50. The van der Waals surface area contributed by atoms with Crippen LogP contribution in [0.25, 0.3) is 5.65 Å². The van der Waals surface area contributed by atoms with Gasteiger partial charge in [-0.2, -0.15) is 0 Å². The van der Waals surface area contributed by atoms with E-state index in [0.717, 1.165) is 23.6 Å². The molecule has 1 N–H and O–H groups in total. The van der Waals surface area contributed by atoms with E-state index in [4.69, 9.17) is 0 Å². The highest BCUT2D eigenvalue weighted by molar-refractivity contribution is 5.44. The molecule has 0 aliphatic heterocycles. The minimum absolute atomic E-state index is 0.742. The molecule has 2 heterocycles. The summed E-state index contributed by atoms with van der Waals surface area (Å²) in [5.74, 6) is 0. The summed E-state index contributed by atoms with van der Waals surface area (Å²) in [5.41, 5.74) is 3.14. The quantitative estimate of drug-likeness (QED) is 0.739. The van der Waals surface area contributed by atoms with Crippen LogP contribution in [-0.2, 0) is 6.54 Å². The molecule has 17 heavy (non-hydrogen) atoms. The van der Waals surface area contributed by atoms with Gasteiger partial charge in [0.15, 0.2) is 0 Å². The Morgan fingerprint density at radius 2 is 1.82 bits per heavy atom. The molecular weight excluding hydrogens is 210 g/mol. The molecule has 1 aromatic carbocycles. The van der Waals surface area contributed by atoms with Gasteiger partial charge in [-0.05, 0) is 24.3 Å². The highest BCUT2D eigenvalue weighted by atomic mass is 15.0. The zero-order chi connectivity index (χ0) is 11.5. The first-order valence-electron chi connectivity index (χ1n) is 5.63. The zero-order valence-electron chi connectivity index (χ0n) is 9.38. The molecule has 0 bridgehead atoms. The van der Waals surface area contributed by atoms with E-state index >= 15 is 0 Å². The van der Waals surface area contributed by atoms with E-state index in [-0.39, 0.29) is 0 Å². The summed E-state index contributed by atoms with van der Waals surface area (Å²) < 4.78 is 2.03. The van der Waals surface area contributed by atoms with Crippen molar-refractivity contribution >= 4 is 11.3 Å². The second-order valence-electron chi connectivity index (χ2n) is 3.92. The average Bonchev–Trinajstić information content (AvgIpc) is 2.80. The van der Waals surface area contributed by atoms with E-state index in [2.05, 4.69) is 22.4 Å². The molecule has 0 aliphatic rings. The highest BCUT2D eigenvalue weighted by Crippen LogP contribution is 2.09. The maximum atomic E-state index is 4.53. The molecule has 0 aliphatic carbocycles. The van der Waals surface area contributed by atoms with Gasteiger partial charge in [0.05, 0.1) is 12.2 Å². The van der Waals surface area contributed by atoms with Crippen LogP contribution in [0.4, 0.5) is 5.69 Å². The molecule has 3 heteroatoms. The van der Waals surface area contributed by atoms with Crippen LogP contribution in [0.1, 0.15) is 5.69 Å². The monoisotopic (exact) mass is 223 g/mol. The van der Waals surface area contributed by atoms with Gasteiger partial charge in [0, 0.05) is 18.1 Å². The van der Waals surface area contributed by atoms with Crippen LogP contribution in [0.15, 0.2) is 60.9 Å². The molecule has 0 atom stereocenters. The standard InChI is InChI=1S/C14H13N3/c1-2-6-12(7-3-1)15-10-13-11-17-9-5-4-8-14(17)16-13/h1-9,11,15H,10H2. The molecule has 84 valence electrons. The molecule has 2 aromatic heterocycles. The van der Waals surface area contributed by atoms with Gasteiger partial charge in [-0.25, -0.2) is 4.98 Å². The van der Waals surface area contributed by atoms with Crippen molar-refractivity contribution in [3.63, 3.8) is 0 Å². The van der Waals surface area contributed by atoms with Gasteiger partial charge in [0.2, 0.25) is 0 Å². The first kappa shape index (κ1) is 9.90. The fraction of sp³-hybridized carbons (Fsp3) is 0.0714. The van der Waals surface area contributed by atoms with Crippen LogP contribution in [0.5, 0.6) is 0 Å². The summed E-state index contributed by atoms with van der Waals surface area (Å²) in [6, 6.07) is 16.2. The molecule has 0 unspecified atom stereocenters. The third-order valence-electron chi connectivity index (χ3n) is 2.66. The maximum Gasteiger partial charge on any atom is 0.137 e. The van der Waals surface area contributed by atoms with Crippen molar-refractivity contribution in [3.05, 3.63) is 66.6 Å². The Balaban J connectivity index is 1.77. The summed E-state index contributed by atoms with van der Waals surface area (Å²) in [6.07, 6.45) is 4.06. The average molecular weight is 223 g/mol. The van der Waals surface area contributed by atoms with Crippen molar-refractivity contribution < 1.29 is 0 Å². The summed E-state index contributed by atoms with van der Waals surface area (Å²) in [7, 11) is 0. The third-order valence-corrected chi connectivity index (χ3v) is 2.66. The maximum absolute atomic E-state index is 4.53. The highest BCUT2D eigenvalue weighted by Gasteiger charge is 1.99. The Labute approximate surface area is 99.7 Å². The van der Waals surface area contributed by atoms with Crippen LogP contribution in [0, 0.1) is 0 Å². The fourth-order valence-electron chi connectivity index (χ4n) is 1.82. The van der Waals surface area contributed by atoms with E-state index in [1.54, 1.807) is 0 Å². The largest absolute Gasteiger partial charge is 0.379 e. The molecule has 3 nitrogen and oxygen atoms in total. The van der Waals surface area contributed by atoms with E-state index in [1.165, 1.54) is 0 Å². The Bertz CT molecular complexity index is 580. The van der Waals surface area contributed by atoms with E-state index in [9.17, 15) is 0 Å². The number of para-hydroxylation sites is 1. The van der Waals surface area contributed by atoms with Gasteiger partial charge in [-0.1, -0.05) is 24.3 Å². The summed E-state index contributed by atoms with van der Waals surface area (Å²) >= 11 is 0. The van der Waals surface area contributed by atoms with Crippen LogP contribution >= 0.6 is 0 Å². The van der Waals surface area contributed by atoms with Crippen molar-refractivity contribution in [2.45, 2.75) is 6.54 Å². The number of aromatic nitrogens is 2. The predicted octanol–water partition coefficient (Wildman–Crippen LogP) is 2.95. The number of hydrogen-bond acceptors (Lipinski definition) is 2. The minimum atomic E-state index is 0.742. The molecular formula is C14H13N3. The predicted molar refractivity (Wildman–Crippen MR) is 69.0 cm³/mol. The summed E-state index contributed by atoms with van der Waals surface area (Å²) in [5, 5.41) is 3.35. The number of rotatable bonds is 3. The molecule has 0 radical (unpaired) electrons. The first-order chi connectivity index (χ1) is 8.42. The number of nitrogens with zero attached hydrogens (tertiary/aromatic N) is 2. The number of hydrogen-bond donors (Lipinski definition) is 1. The van der Waals surface area contributed by atoms with Crippen molar-refractivity contribution in [1.29, 1.82) is 0 Å². The lowest BCUT2D eigenvalue weighted by Gasteiger charge is -2.02. The van der Waals surface area contributed by atoms with Crippen molar-refractivity contribution in [3.8, 4) is 0 Å². The molecule has 0 saturated carbocycles. The van der Waals surface area contributed by atoms with Gasteiger partial charge >= 0.3 is 0 Å². The van der Waals surface area contributed by atoms with Crippen molar-refractivity contribution in [1.82, 2.24) is 9.38 Å². The van der Waals surface area contributed by atoms with Gasteiger partial charge in [-0.3, -0.25) is 0 Å². The Morgan fingerprint density at radius 3 is 2.65 bits per heavy atom. The van der Waals surface area contributed by atoms with E-state index in [0.29, 0.717) is 0 Å². The smallest absolute Gasteiger partial charge is 0.137 e. The lowest BCUT2D eigenvalue weighted by molar-refractivity contribution is 1.08. The Hall–Kier alpha value is -2.29. The minimum Gasteiger partial charge on any atom is -0.379 e. The van der Waals surface area contributed by atoms with E-state index in [1.807, 2.05) is 53.2 Å². The zero-order valence-corrected chi connectivity index (χ0v) is 9.38. The van der Waals surface area contributed by atoms with Crippen molar-refractivity contribution in [2.75, 3.05) is 5.32 Å². The Morgan fingerprint density at radius 1 is 1.00 bits per heavy atom. The van der Waals surface area contributed by atoms with Crippen LogP contribution in [0.3, 0.4) is 0 Å². The molecule has 0 amide bonds. The third kappa shape index (κ3) is 2.13. The second kappa shape index (κ2) is 4.29. The molecule has 0 saturated heterocycles. The lowest BCUT2D eigenvalue weighted by atomic mass is 10.3. The van der Waals surface area contributed by atoms with Gasteiger partial charge in [0.1, 0.15) is 5.65 Å². The number of benzene rings is 1. The van der Waals surface area contributed by atoms with Crippen LogP contribution in [0.2, 0.25) is 0 Å². The van der Waals surface area contributed by atoms with Crippen molar-refractivity contribution in [2.24, 2.45) is 0 Å². The molecule has 3 rings (SSSR count). The number of imidazole rings is 1. The van der Waals surface area contributed by atoms with Crippen LogP contribution in [-0.4, -0.2) is 9.38 Å². The number of fused-ring (bicyclic) bond motifs is 1. The topological polar surface area (TPSA) is 29.3 Å². The SMILES string of the molecule is c1ccc(NCc2cn3ccccc3n2)cc1. The van der Waals surface area contributed by atoms with Crippen LogP contribution < -0.4 is 5.32 Å². The molecule has 3 aromatic rings. The van der Waals surface area contributed by atoms with Gasteiger partial charge < -0.3 is 9.72 Å². The normalized spacial score (nSPS) is 10.6. The lowest BCUT2D eigenvalue weighted by Crippen LogP contribution is -1.98. The summed E-state index contributed by atoms with van der Waals surface area (Å²) in [4.78, 5) is 4.53. The van der Waals surface area contributed by atoms with Gasteiger partial charge in [0.25, 0.3) is 0 Å². The summed E-state index contributed by atoms with van der Waals surface area (Å²) in [6.45, 7) is 0.742. The molecule has 0 fully saturated rings. The number of pyridine rings is 1. The molecule has 0 spiro atoms. The van der Waals surface area contributed by atoms with Gasteiger partial charge in [-0.15, -0.1) is 0 Å².